The average molecular weight is 246 g/mol. The van der Waals surface area contributed by atoms with E-state index in [4.69, 9.17) is 5.73 Å². The quantitative estimate of drug-likeness (QED) is 0.742. The second-order valence-electron chi connectivity index (χ2n) is 4.39. The molecule has 19 heavy (non-hydrogen) atoms. The third-order valence-corrected chi connectivity index (χ3v) is 3.07. The van der Waals surface area contributed by atoms with Crippen molar-refractivity contribution in [3.63, 3.8) is 0 Å². The van der Waals surface area contributed by atoms with Gasteiger partial charge in [0.1, 0.15) is 0 Å². The van der Waals surface area contributed by atoms with Crippen LogP contribution in [0.5, 0.6) is 0 Å². The summed E-state index contributed by atoms with van der Waals surface area (Å²) in [6.07, 6.45) is 1.87. The van der Waals surface area contributed by atoms with E-state index < -0.39 is 0 Å². The lowest BCUT2D eigenvalue weighted by Gasteiger charge is -2.07. The normalized spacial score (nSPS) is 10.3. The second-order valence-corrected chi connectivity index (χ2v) is 4.39. The van der Waals surface area contributed by atoms with E-state index in [0.717, 1.165) is 22.4 Å². The molecule has 0 radical (unpaired) electrons. The zero-order chi connectivity index (χ0) is 13.1. The van der Waals surface area contributed by atoms with Gasteiger partial charge in [-0.25, -0.2) is 0 Å². The van der Waals surface area contributed by atoms with Crippen molar-refractivity contribution in [2.24, 2.45) is 0 Å². The summed E-state index contributed by atoms with van der Waals surface area (Å²) in [7, 11) is 0. The summed E-state index contributed by atoms with van der Waals surface area (Å²) in [6, 6.07) is 22.1. The van der Waals surface area contributed by atoms with Gasteiger partial charge in [-0.05, 0) is 11.6 Å². The Morgan fingerprint density at radius 1 is 0.684 bits per heavy atom. The first-order valence-corrected chi connectivity index (χ1v) is 6.21. The van der Waals surface area contributed by atoms with E-state index >= 15 is 0 Å². The van der Waals surface area contributed by atoms with Gasteiger partial charge in [0, 0.05) is 17.3 Å². The van der Waals surface area contributed by atoms with Crippen LogP contribution in [-0.4, -0.2) is 4.98 Å². The van der Waals surface area contributed by atoms with Gasteiger partial charge in [-0.1, -0.05) is 60.7 Å². The van der Waals surface area contributed by atoms with Crippen LogP contribution in [0.25, 0.3) is 22.4 Å². The minimum absolute atomic E-state index is 0.701. The molecule has 3 rings (SSSR count). The van der Waals surface area contributed by atoms with E-state index in [2.05, 4.69) is 17.1 Å². The first-order chi connectivity index (χ1) is 9.34. The van der Waals surface area contributed by atoms with Gasteiger partial charge < -0.3 is 5.73 Å². The number of anilines is 1. The third-order valence-electron chi connectivity index (χ3n) is 3.07. The van der Waals surface area contributed by atoms with E-state index in [-0.39, 0.29) is 0 Å². The lowest BCUT2D eigenvalue weighted by atomic mass is 10.0. The van der Waals surface area contributed by atoms with E-state index in [0.29, 0.717) is 5.69 Å². The molecular weight excluding hydrogens is 232 g/mol. The van der Waals surface area contributed by atoms with Gasteiger partial charge in [-0.2, -0.15) is 0 Å². The SMILES string of the molecule is Nc1cc(-c2ccccc2)cnc1-c1ccccc1. The maximum Gasteiger partial charge on any atom is 0.0931 e. The fourth-order valence-corrected chi connectivity index (χ4v) is 2.11. The van der Waals surface area contributed by atoms with Crippen LogP contribution in [0.15, 0.2) is 72.9 Å². The Labute approximate surface area is 112 Å². The summed E-state index contributed by atoms with van der Waals surface area (Å²) in [6.45, 7) is 0. The number of nitrogen functional groups attached to an aromatic ring is 1. The van der Waals surface area contributed by atoms with E-state index in [1.165, 1.54) is 0 Å². The second kappa shape index (κ2) is 4.94. The Morgan fingerprint density at radius 2 is 1.26 bits per heavy atom. The molecule has 2 nitrogen and oxygen atoms in total. The van der Waals surface area contributed by atoms with Crippen molar-refractivity contribution in [3.8, 4) is 22.4 Å². The largest absolute Gasteiger partial charge is 0.397 e. The van der Waals surface area contributed by atoms with Crippen LogP contribution in [0.4, 0.5) is 5.69 Å². The van der Waals surface area contributed by atoms with Crippen molar-refractivity contribution in [1.82, 2.24) is 4.98 Å². The molecule has 0 unspecified atom stereocenters. The monoisotopic (exact) mass is 246 g/mol. The zero-order valence-electron chi connectivity index (χ0n) is 10.5. The van der Waals surface area contributed by atoms with Crippen LogP contribution in [0.3, 0.4) is 0 Å². The van der Waals surface area contributed by atoms with Gasteiger partial charge in [-0.3, -0.25) is 4.98 Å². The van der Waals surface area contributed by atoms with E-state index in [1.54, 1.807) is 0 Å². The highest BCUT2D eigenvalue weighted by molar-refractivity contribution is 5.77. The summed E-state index contributed by atoms with van der Waals surface area (Å²) in [4.78, 5) is 4.50. The molecular formula is C17H14N2. The number of aromatic nitrogens is 1. The third kappa shape index (κ3) is 2.33. The lowest BCUT2D eigenvalue weighted by Crippen LogP contribution is -1.94. The Bertz CT molecular complexity index is 676. The topological polar surface area (TPSA) is 38.9 Å². The molecule has 3 aromatic rings. The van der Waals surface area contributed by atoms with Crippen LogP contribution < -0.4 is 5.73 Å². The maximum absolute atomic E-state index is 6.13. The number of rotatable bonds is 2. The number of nitrogens with two attached hydrogens (primary N) is 1. The molecule has 2 N–H and O–H groups in total. The number of hydrogen-bond acceptors (Lipinski definition) is 2. The molecule has 0 aliphatic heterocycles. The molecule has 92 valence electrons. The van der Waals surface area contributed by atoms with Gasteiger partial charge >= 0.3 is 0 Å². The Kier molecular flexibility index (Phi) is 2.99. The fourth-order valence-electron chi connectivity index (χ4n) is 2.11. The lowest BCUT2D eigenvalue weighted by molar-refractivity contribution is 1.33. The summed E-state index contributed by atoms with van der Waals surface area (Å²) in [5.74, 6) is 0. The smallest absolute Gasteiger partial charge is 0.0931 e. The Hall–Kier alpha value is -2.61. The minimum atomic E-state index is 0.701. The Balaban J connectivity index is 2.04. The molecule has 0 fully saturated rings. The van der Waals surface area contributed by atoms with Gasteiger partial charge in [0.2, 0.25) is 0 Å². The average Bonchev–Trinajstić information content (AvgIpc) is 2.49. The predicted molar refractivity (Wildman–Crippen MR) is 79.5 cm³/mol. The van der Waals surface area contributed by atoms with Gasteiger partial charge in [0.15, 0.2) is 0 Å². The van der Waals surface area contributed by atoms with Gasteiger partial charge in [0.25, 0.3) is 0 Å². The van der Waals surface area contributed by atoms with Crippen LogP contribution in [0, 0.1) is 0 Å². The molecule has 2 aromatic carbocycles. The summed E-state index contributed by atoms with van der Waals surface area (Å²) >= 11 is 0. The van der Waals surface area contributed by atoms with Crippen molar-refractivity contribution in [2.75, 3.05) is 5.73 Å². The number of pyridine rings is 1. The summed E-state index contributed by atoms with van der Waals surface area (Å²) in [5.41, 5.74) is 10.9. The zero-order valence-corrected chi connectivity index (χ0v) is 10.5. The minimum Gasteiger partial charge on any atom is -0.397 e. The van der Waals surface area contributed by atoms with Crippen molar-refractivity contribution in [2.45, 2.75) is 0 Å². The summed E-state index contributed by atoms with van der Waals surface area (Å²) in [5, 5.41) is 0. The first kappa shape index (κ1) is 11.5. The summed E-state index contributed by atoms with van der Waals surface area (Å²) < 4.78 is 0. The van der Waals surface area contributed by atoms with E-state index in [1.807, 2.05) is 60.8 Å². The molecule has 0 atom stereocenters. The highest BCUT2D eigenvalue weighted by Gasteiger charge is 2.06. The highest BCUT2D eigenvalue weighted by Crippen LogP contribution is 2.27. The molecule has 1 aromatic heterocycles. The molecule has 0 aliphatic carbocycles. The standard InChI is InChI=1S/C17H14N2/c18-16-11-15(13-7-3-1-4-8-13)12-19-17(16)14-9-5-2-6-10-14/h1-12H,18H2. The van der Waals surface area contributed by atoms with Crippen molar-refractivity contribution >= 4 is 5.69 Å². The van der Waals surface area contributed by atoms with Crippen molar-refractivity contribution in [3.05, 3.63) is 72.9 Å². The van der Waals surface area contributed by atoms with Gasteiger partial charge in [0.05, 0.1) is 11.4 Å². The number of nitrogens with zero attached hydrogens (tertiary/aromatic N) is 1. The predicted octanol–water partition coefficient (Wildman–Crippen LogP) is 4.00. The molecule has 1 heterocycles. The van der Waals surface area contributed by atoms with Crippen LogP contribution in [0.2, 0.25) is 0 Å². The molecule has 0 saturated heterocycles. The van der Waals surface area contributed by atoms with Crippen molar-refractivity contribution in [1.29, 1.82) is 0 Å². The van der Waals surface area contributed by atoms with Gasteiger partial charge in [-0.15, -0.1) is 0 Å². The number of benzene rings is 2. The van der Waals surface area contributed by atoms with Crippen molar-refractivity contribution < 1.29 is 0 Å². The highest BCUT2D eigenvalue weighted by atomic mass is 14.7. The Morgan fingerprint density at radius 3 is 1.84 bits per heavy atom. The maximum atomic E-state index is 6.13. The molecule has 2 heteroatoms. The van der Waals surface area contributed by atoms with Crippen LogP contribution in [0.1, 0.15) is 0 Å². The molecule has 0 amide bonds. The molecule has 0 aliphatic rings. The molecule has 0 saturated carbocycles. The fraction of sp³-hybridized carbons (Fsp3) is 0. The number of hydrogen-bond donors (Lipinski definition) is 1. The molecule has 0 spiro atoms. The van der Waals surface area contributed by atoms with Crippen LogP contribution in [-0.2, 0) is 0 Å². The molecule has 0 bridgehead atoms. The van der Waals surface area contributed by atoms with E-state index in [9.17, 15) is 0 Å². The first-order valence-electron chi connectivity index (χ1n) is 6.21. The van der Waals surface area contributed by atoms with Crippen LogP contribution >= 0.6 is 0 Å².